The van der Waals surface area contributed by atoms with E-state index >= 15 is 0 Å². The van der Waals surface area contributed by atoms with Crippen molar-refractivity contribution in [3.8, 4) is 0 Å². The molecule has 0 radical (unpaired) electrons. The van der Waals surface area contributed by atoms with Crippen LogP contribution in [0.25, 0.3) is 0 Å². The highest BCUT2D eigenvalue weighted by atomic mass is 13.9. The topological polar surface area (TPSA) is 0 Å². The minimum Gasteiger partial charge on any atom is -0.121 e. The molecule has 0 spiro atoms. The summed E-state index contributed by atoms with van der Waals surface area (Å²) < 4.78 is 0. The minimum absolute atomic E-state index is 1.13. The van der Waals surface area contributed by atoms with E-state index in [9.17, 15) is 0 Å². The molecule has 7 heavy (non-hydrogen) atoms. The van der Waals surface area contributed by atoms with Crippen LogP contribution in [-0.4, -0.2) is 0 Å². The molecule has 0 atom stereocenters. The van der Waals surface area contributed by atoms with Crippen LogP contribution in [-0.2, 0) is 0 Å². The molecule has 0 aromatic heterocycles. The second-order valence-electron chi connectivity index (χ2n) is 1.57. The summed E-state index contributed by atoms with van der Waals surface area (Å²) in [6, 6.07) is 0. The lowest BCUT2D eigenvalue weighted by atomic mass is 10.2. The Kier molecular flexibility index (Phi) is 1.14. The molecule has 0 amide bonds. The fraction of sp³-hybridized carbons (Fsp3) is 0.286. The molecule has 0 N–H and O–H groups in total. The predicted molar refractivity (Wildman–Crippen MR) is 31.0 cm³/mol. The summed E-state index contributed by atoms with van der Waals surface area (Å²) in [7, 11) is 0. The van der Waals surface area contributed by atoms with Crippen molar-refractivity contribution >= 4 is 0 Å². The zero-order valence-corrected chi connectivity index (χ0v) is 4.44. The average molecular weight is 92.1 g/mol. The summed E-state index contributed by atoms with van der Waals surface area (Å²) in [6.45, 7) is 2.14. The van der Waals surface area contributed by atoms with Crippen LogP contribution in [0.5, 0.6) is 0 Å². The van der Waals surface area contributed by atoms with Gasteiger partial charge in [0.2, 0.25) is 0 Å². The van der Waals surface area contributed by atoms with Crippen LogP contribution in [0.1, 0.15) is 13.3 Å². The highest BCUT2D eigenvalue weighted by Crippen LogP contribution is 2.05. The Balaban J connectivity index is 2.63. The van der Waals surface area contributed by atoms with Crippen LogP contribution in [0.15, 0.2) is 29.5 Å². The van der Waals surface area contributed by atoms with E-state index in [0.29, 0.717) is 0 Å². The van der Waals surface area contributed by atoms with Gasteiger partial charge in [-0.1, -0.05) is 13.0 Å². The van der Waals surface area contributed by atoms with Crippen molar-refractivity contribution in [2.75, 3.05) is 0 Å². The van der Waals surface area contributed by atoms with Crippen LogP contribution >= 0.6 is 0 Å². The Morgan fingerprint density at radius 2 is 2.57 bits per heavy atom. The minimum atomic E-state index is 1.13. The third-order valence-corrected chi connectivity index (χ3v) is 1.07. The lowest BCUT2D eigenvalue weighted by Crippen LogP contribution is -1.64. The molecule has 0 saturated heterocycles. The summed E-state index contributed by atoms with van der Waals surface area (Å²) in [5.74, 6) is 0. The molecular weight excluding hydrogens is 84.1 g/mol. The van der Waals surface area contributed by atoms with E-state index in [4.69, 9.17) is 0 Å². The Bertz CT molecular complexity index is 143. The third-order valence-electron chi connectivity index (χ3n) is 1.07. The molecule has 0 aromatic rings. The van der Waals surface area contributed by atoms with Gasteiger partial charge in [-0.05, 0) is 24.1 Å². The smallest absolute Gasteiger partial charge is 0.0168 e. The van der Waals surface area contributed by atoms with Crippen molar-refractivity contribution in [3.63, 3.8) is 0 Å². The van der Waals surface area contributed by atoms with Crippen LogP contribution < -0.4 is 0 Å². The lowest BCUT2D eigenvalue weighted by Gasteiger charge is -1.83. The maximum absolute atomic E-state index is 2.98. The van der Waals surface area contributed by atoms with E-state index < -0.39 is 0 Å². The number of rotatable bonds is 1. The summed E-state index contributed by atoms with van der Waals surface area (Å²) >= 11 is 0. The highest BCUT2D eigenvalue weighted by Gasteiger charge is 1.85. The van der Waals surface area contributed by atoms with Gasteiger partial charge in [-0.15, -0.1) is 5.73 Å². The monoisotopic (exact) mass is 92.1 g/mol. The number of allylic oxidation sites excluding steroid dienone is 3. The van der Waals surface area contributed by atoms with E-state index in [-0.39, 0.29) is 0 Å². The third kappa shape index (κ3) is 0.819. The maximum Gasteiger partial charge on any atom is -0.0168 e. The SMILES string of the molecule is CCC1=CC=C=C1. The van der Waals surface area contributed by atoms with Gasteiger partial charge < -0.3 is 0 Å². The molecule has 0 heterocycles. The normalized spacial score (nSPS) is 15.3. The molecule has 0 bridgehead atoms. The van der Waals surface area contributed by atoms with Gasteiger partial charge in [0.25, 0.3) is 0 Å². The first-order valence-electron chi connectivity index (χ1n) is 2.55. The van der Waals surface area contributed by atoms with Gasteiger partial charge in [-0.25, -0.2) is 0 Å². The summed E-state index contributed by atoms with van der Waals surface area (Å²) in [4.78, 5) is 0. The van der Waals surface area contributed by atoms with E-state index in [0.717, 1.165) is 6.42 Å². The Morgan fingerprint density at radius 1 is 1.71 bits per heavy atom. The van der Waals surface area contributed by atoms with Crippen molar-refractivity contribution in [2.24, 2.45) is 0 Å². The predicted octanol–water partition coefficient (Wildman–Crippen LogP) is 2.05. The van der Waals surface area contributed by atoms with Crippen molar-refractivity contribution < 1.29 is 0 Å². The first kappa shape index (κ1) is 4.42. The Morgan fingerprint density at radius 3 is 2.86 bits per heavy atom. The Labute approximate surface area is 43.9 Å². The van der Waals surface area contributed by atoms with Gasteiger partial charge in [0.05, 0.1) is 0 Å². The highest BCUT2D eigenvalue weighted by molar-refractivity contribution is 5.29. The van der Waals surface area contributed by atoms with Crippen LogP contribution in [0.2, 0.25) is 0 Å². The fourth-order valence-corrected chi connectivity index (χ4v) is 0.578. The number of hydrogen-bond acceptors (Lipinski definition) is 0. The lowest BCUT2D eigenvalue weighted by molar-refractivity contribution is 1.16. The summed E-state index contributed by atoms with van der Waals surface area (Å²) in [6.07, 6.45) is 7.17. The first-order chi connectivity index (χ1) is 3.43. The fourth-order valence-electron chi connectivity index (χ4n) is 0.578. The van der Waals surface area contributed by atoms with Crippen LogP contribution in [0.4, 0.5) is 0 Å². The average Bonchev–Trinajstić information content (AvgIpc) is 2.14. The molecule has 0 fully saturated rings. The van der Waals surface area contributed by atoms with Crippen LogP contribution in [0.3, 0.4) is 0 Å². The van der Waals surface area contributed by atoms with E-state index in [1.807, 2.05) is 12.2 Å². The zero-order valence-electron chi connectivity index (χ0n) is 4.44. The maximum atomic E-state index is 2.98. The first-order valence-corrected chi connectivity index (χ1v) is 2.55. The van der Waals surface area contributed by atoms with E-state index in [1.54, 1.807) is 0 Å². The molecule has 0 unspecified atom stereocenters. The molecule has 1 aliphatic carbocycles. The van der Waals surface area contributed by atoms with Gasteiger partial charge >= 0.3 is 0 Å². The molecule has 0 nitrogen and oxygen atoms in total. The molecule has 0 aromatic carbocycles. The molecule has 0 heteroatoms. The molecule has 36 valence electrons. The second kappa shape index (κ2) is 1.81. The molecular formula is C7H8. The molecule has 1 rings (SSSR count). The van der Waals surface area contributed by atoms with Gasteiger partial charge in [0.1, 0.15) is 0 Å². The second-order valence-corrected chi connectivity index (χ2v) is 1.57. The molecule has 0 saturated carbocycles. The van der Waals surface area contributed by atoms with Gasteiger partial charge in [-0.3, -0.25) is 0 Å². The summed E-state index contributed by atoms with van der Waals surface area (Å²) in [5, 5.41) is 0. The van der Waals surface area contributed by atoms with Crippen LogP contribution in [0, 0.1) is 0 Å². The van der Waals surface area contributed by atoms with Gasteiger partial charge in [-0.2, -0.15) is 0 Å². The van der Waals surface area contributed by atoms with E-state index in [2.05, 4.69) is 18.7 Å². The van der Waals surface area contributed by atoms with Gasteiger partial charge in [0.15, 0.2) is 0 Å². The van der Waals surface area contributed by atoms with E-state index in [1.165, 1.54) is 5.57 Å². The largest absolute Gasteiger partial charge is 0.121 e. The summed E-state index contributed by atoms with van der Waals surface area (Å²) in [5.41, 5.74) is 4.36. The Hall–Kier alpha value is -0.740. The standard InChI is InChI=1S/C7H8/c1-2-7-5-3-4-6-7/h3,5-6H,2H2,1H3. The molecule has 1 aliphatic rings. The van der Waals surface area contributed by atoms with Crippen molar-refractivity contribution in [1.82, 2.24) is 0 Å². The quantitative estimate of drug-likeness (QED) is 0.434. The van der Waals surface area contributed by atoms with Crippen molar-refractivity contribution in [1.29, 1.82) is 0 Å². The molecule has 0 aliphatic heterocycles. The van der Waals surface area contributed by atoms with Crippen molar-refractivity contribution in [3.05, 3.63) is 29.5 Å². The van der Waals surface area contributed by atoms with Crippen molar-refractivity contribution in [2.45, 2.75) is 13.3 Å². The van der Waals surface area contributed by atoms with Gasteiger partial charge in [0, 0.05) is 0 Å². The number of hydrogen-bond donors (Lipinski definition) is 0. The zero-order chi connectivity index (χ0) is 5.11.